The van der Waals surface area contributed by atoms with Gasteiger partial charge in [-0.3, -0.25) is 4.90 Å². The quantitative estimate of drug-likeness (QED) is 0.753. The highest BCUT2D eigenvalue weighted by Gasteiger charge is 2.42. The molecule has 0 aliphatic rings. The molecule has 0 amide bonds. The second-order valence-corrected chi connectivity index (χ2v) is 3.94. The minimum Gasteiger partial charge on any atom is -0.330 e. The Labute approximate surface area is 89.6 Å². The average Bonchev–Trinajstić information content (AvgIpc) is 2.11. The molecule has 0 aliphatic carbocycles. The normalized spacial score (nSPS) is 16.8. The van der Waals surface area contributed by atoms with Crippen LogP contribution in [0.2, 0.25) is 0 Å². The highest BCUT2D eigenvalue weighted by molar-refractivity contribution is 4.80. The van der Waals surface area contributed by atoms with Crippen molar-refractivity contribution in [2.24, 2.45) is 5.73 Å². The SMILES string of the molecule is CCCC(C)N(C)C(CCN)C(F)(F)F. The molecule has 0 fully saturated rings. The van der Waals surface area contributed by atoms with Gasteiger partial charge in [0.2, 0.25) is 0 Å². The Morgan fingerprint density at radius 3 is 2.13 bits per heavy atom. The van der Waals surface area contributed by atoms with Gasteiger partial charge in [0.25, 0.3) is 0 Å². The lowest BCUT2D eigenvalue weighted by Gasteiger charge is -2.34. The van der Waals surface area contributed by atoms with E-state index in [0.717, 1.165) is 12.8 Å². The van der Waals surface area contributed by atoms with Gasteiger partial charge in [0.05, 0.1) is 0 Å². The zero-order valence-electron chi connectivity index (χ0n) is 9.64. The molecule has 0 saturated heterocycles. The Hall–Kier alpha value is -0.290. The minimum atomic E-state index is -4.18. The Balaban J connectivity index is 4.47. The topological polar surface area (TPSA) is 29.3 Å². The highest BCUT2D eigenvalue weighted by atomic mass is 19.4. The van der Waals surface area contributed by atoms with Crippen LogP contribution in [0.25, 0.3) is 0 Å². The summed E-state index contributed by atoms with van der Waals surface area (Å²) in [6.07, 6.45) is -2.56. The number of hydrogen-bond donors (Lipinski definition) is 1. The van der Waals surface area contributed by atoms with Crippen LogP contribution in [0.1, 0.15) is 33.1 Å². The molecule has 2 unspecified atom stereocenters. The van der Waals surface area contributed by atoms with E-state index in [1.54, 1.807) is 0 Å². The third-order valence-corrected chi connectivity index (χ3v) is 2.71. The lowest BCUT2D eigenvalue weighted by molar-refractivity contribution is -0.186. The Morgan fingerprint density at radius 2 is 1.80 bits per heavy atom. The molecule has 0 spiro atoms. The molecule has 15 heavy (non-hydrogen) atoms. The van der Waals surface area contributed by atoms with Crippen LogP contribution < -0.4 is 5.73 Å². The molecule has 0 rings (SSSR count). The summed E-state index contributed by atoms with van der Waals surface area (Å²) in [4.78, 5) is 1.39. The maximum Gasteiger partial charge on any atom is 0.404 e. The van der Waals surface area contributed by atoms with E-state index in [-0.39, 0.29) is 19.0 Å². The summed E-state index contributed by atoms with van der Waals surface area (Å²) in [6, 6.07) is -1.47. The largest absolute Gasteiger partial charge is 0.404 e. The Kier molecular flexibility index (Phi) is 6.20. The summed E-state index contributed by atoms with van der Waals surface area (Å²) in [7, 11) is 1.52. The molecule has 0 radical (unpaired) electrons. The zero-order chi connectivity index (χ0) is 12.1. The van der Waals surface area contributed by atoms with Gasteiger partial charge >= 0.3 is 6.18 Å². The first-order valence-corrected chi connectivity index (χ1v) is 5.33. The second-order valence-electron chi connectivity index (χ2n) is 3.94. The fourth-order valence-electron chi connectivity index (χ4n) is 1.68. The fourth-order valence-corrected chi connectivity index (χ4v) is 1.68. The van der Waals surface area contributed by atoms with E-state index < -0.39 is 12.2 Å². The van der Waals surface area contributed by atoms with Gasteiger partial charge in [-0.15, -0.1) is 0 Å². The van der Waals surface area contributed by atoms with Crippen molar-refractivity contribution in [2.45, 2.75) is 51.4 Å². The van der Waals surface area contributed by atoms with Crippen molar-refractivity contribution in [3.05, 3.63) is 0 Å². The lowest BCUT2D eigenvalue weighted by atomic mass is 10.1. The van der Waals surface area contributed by atoms with Crippen molar-refractivity contribution in [2.75, 3.05) is 13.6 Å². The smallest absolute Gasteiger partial charge is 0.330 e. The number of nitrogens with two attached hydrogens (primary N) is 1. The summed E-state index contributed by atoms with van der Waals surface area (Å²) in [6.45, 7) is 3.85. The van der Waals surface area contributed by atoms with Gasteiger partial charge in [-0.1, -0.05) is 13.3 Å². The van der Waals surface area contributed by atoms with Crippen LogP contribution in [0, 0.1) is 0 Å². The van der Waals surface area contributed by atoms with Gasteiger partial charge in [0, 0.05) is 6.04 Å². The van der Waals surface area contributed by atoms with Gasteiger partial charge < -0.3 is 5.73 Å². The lowest BCUT2D eigenvalue weighted by Crippen LogP contribution is -2.48. The van der Waals surface area contributed by atoms with Gasteiger partial charge in [0.15, 0.2) is 0 Å². The molecule has 5 heteroatoms. The number of alkyl halides is 3. The van der Waals surface area contributed by atoms with E-state index in [9.17, 15) is 13.2 Å². The Bertz CT molecular complexity index is 171. The molecule has 92 valence electrons. The standard InChI is InChI=1S/C10H21F3N2/c1-4-5-8(2)15(3)9(6-7-14)10(11,12)13/h8-9H,4-7,14H2,1-3H3. The monoisotopic (exact) mass is 226 g/mol. The summed E-state index contributed by atoms with van der Waals surface area (Å²) < 4.78 is 38.0. The predicted octanol–water partition coefficient (Wildman–Crippen LogP) is 2.39. The van der Waals surface area contributed by atoms with Gasteiger partial charge in [-0.25, -0.2) is 0 Å². The van der Waals surface area contributed by atoms with Crippen molar-refractivity contribution < 1.29 is 13.2 Å². The minimum absolute atomic E-state index is 0.0337. The molecule has 0 aromatic carbocycles. The third-order valence-electron chi connectivity index (χ3n) is 2.71. The number of halogens is 3. The van der Waals surface area contributed by atoms with Crippen molar-refractivity contribution in [3.8, 4) is 0 Å². The van der Waals surface area contributed by atoms with Gasteiger partial charge in [-0.05, 0) is 33.4 Å². The number of rotatable bonds is 6. The molecule has 0 aromatic heterocycles. The fraction of sp³-hybridized carbons (Fsp3) is 1.00. The van der Waals surface area contributed by atoms with Crippen LogP contribution in [-0.2, 0) is 0 Å². The molecular formula is C10H21F3N2. The summed E-state index contributed by atoms with van der Waals surface area (Å²) in [5.74, 6) is 0. The molecule has 0 saturated carbocycles. The van der Waals surface area contributed by atoms with Gasteiger partial charge in [0.1, 0.15) is 6.04 Å². The van der Waals surface area contributed by atoms with Crippen LogP contribution in [0.5, 0.6) is 0 Å². The van der Waals surface area contributed by atoms with Crippen molar-refractivity contribution in [3.63, 3.8) is 0 Å². The van der Waals surface area contributed by atoms with Crippen molar-refractivity contribution in [1.29, 1.82) is 0 Å². The highest BCUT2D eigenvalue weighted by Crippen LogP contribution is 2.28. The van der Waals surface area contributed by atoms with Crippen LogP contribution in [-0.4, -0.2) is 36.8 Å². The number of hydrogen-bond acceptors (Lipinski definition) is 2. The first-order valence-electron chi connectivity index (χ1n) is 5.33. The van der Waals surface area contributed by atoms with E-state index in [1.165, 1.54) is 11.9 Å². The van der Waals surface area contributed by atoms with Crippen LogP contribution in [0.15, 0.2) is 0 Å². The molecule has 0 aliphatic heterocycles. The van der Waals surface area contributed by atoms with E-state index >= 15 is 0 Å². The summed E-state index contributed by atoms with van der Waals surface area (Å²) >= 11 is 0. The summed E-state index contributed by atoms with van der Waals surface area (Å²) in [5, 5.41) is 0. The predicted molar refractivity (Wildman–Crippen MR) is 55.6 cm³/mol. The van der Waals surface area contributed by atoms with Crippen LogP contribution >= 0.6 is 0 Å². The molecule has 2 atom stereocenters. The van der Waals surface area contributed by atoms with Crippen LogP contribution in [0.4, 0.5) is 13.2 Å². The van der Waals surface area contributed by atoms with E-state index in [4.69, 9.17) is 5.73 Å². The molecule has 0 aromatic rings. The second kappa shape index (κ2) is 6.33. The molecule has 2 nitrogen and oxygen atoms in total. The molecular weight excluding hydrogens is 205 g/mol. The van der Waals surface area contributed by atoms with Crippen molar-refractivity contribution >= 4 is 0 Å². The maximum atomic E-state index is 12.7. The first-order chi connectivity index (χ1) is 6.84. The van der Waals surface area contributed by atoms with E-state index in [0.29, 0.717) is 0 Å². The average molecular weight is 226 g/mol. The third kappa shape index (κ3) is 4.84. The molecule has 2 N–H and O–H groups in total. The van der Waals surface area contributed by atoms with Crippen molar-refractivity contribution in [1.82, 2.24) is 4.90 Å². The van der Waals surface area contributed by atoms with Crippen LogP contribution in [0.3, 0.4) is 0 Å². The molecule has 0 bridgehead atoms. The first kappa shape index (κ1) is 14.7. The molecule has 0 heterocycles. The van der Waals surface area contributed by atoms with Gasteiger partial charge in [-0.2, -0.15) is 13.2 Å². The maximum absolute atomic E-state index is 12.7. The summed E-state index contributed by atoms with van der Waals surface area (Å²) in [5.41, 5.74) is 5.21. The number of nitrogens with zero attached hydrogens (tertiary/aromatic N) is 1. The zero-order valence-corrected chi connectivity index (χ0v) is 9.64. The Morgan fingerprint density at radius 1 is 1.27 bits per heavy atom. The van der Waals surface area contributed by atoms with E-state index in [2.05, 4.69) is 0 Å². The van der Waals surface area contributed by atoms with E-state index in [1.807, 2.05) is 13.8 Å².